The van der Waals surface area contributed by atoms with Crippen LogP contribution in [0.15, 0.2) is 21.7 Å². The van der Waals surface area contributed by atoms with Crippen LogP contribution in [0.4, 0.5) is 0 Å². The molecule has 0 spiro atoms. The average Bonchev–Trinajstić information content (AvgIpc) is 2.83. The Bertz CT molecular complexity index is 338. The highest BCUT2D eigenvalue weighted by molar-refractivity contribution is 7.88. The van der Waals surface area contributed by atoms with Crippen molar-refractivity contribution in [2.75, 3.05) is 19.8 Å². The Balaban J connectivity index is 2.08. The highest BCUT2D eigenvalue weighted by atomic mass is 32.2. The van der Waals surface area contributed by atoms with E-state index in [2.05, 4.69) is 12.2 Å². The topological polar surface area (TPSA) is 38.3 Å². The molecular formula is C11H17NO2S2. The maximum Gasteiger partial charge on any atom is 0.0914 e. The van der Waals surface area contributed by atoms with Crippen LogP contribution in [-0.4, -0.2) is 35.3 Å². The molecule has 1 aromatic rings. The summed E-state index contributed by atoms with van der Waals surface area (Å²) in [6, 6.07) is 4.21. The van der Waals surface area contributed by atoms with Crippen LogP contribution in [0.5, 0.6) is 0 Å². The summed E-state index contributed by atoms with van der Waals surface area (Å²) < 4.78 is 18.8. The van der Waals surface area contributed by atoms with Gasteiger partial charge in [0.05, 0.1) is 26.9 Å². The number of hydrogen-bond acceptors (Lipinski definition) is 4. The van der Waals surface area contributed by atoms with Gasteiger partial charge < -0.3 is 10.1 Å². The summed E-state index contributed by atoms with van der Waals surface area (Å²) >= 11 is 1.56. The minimum atomic E-state index is -0.939. The van der Waals surface area contributed by atoms with Gasteiger partial charge >= 0.3 is 0 Å². The van der Waals surface area contributed by atoms with E-state index in [1.807, 2.05) is 17.5 Å². The van der Waals surface area contributed by atoms with Crippen molar-refractivity contribution >= 4 is 22.1 Å². The molecule has 90 valence electrons. The van der Waals surface area contributed by atoms with Crippen molar-refractivity contribution in [1.82, 2.24) is 5.32 Å². The summed E-state index contributed by atoms with van der Waals surface area (Å²) in [5.74, 6) is 0. The third-order valence-electron chi connectivity index (χ3n) is 2.74. The third-order valence-corrected chi connectivity index (χ3v) is 5.73. The fourth-order valence-electron chi connectivity index (χ4n) is 1.95. The molecule has 1 fully saturated rings. The Kier molecular flexibility index (Phi) is 4.52. The highest BCUT2D eigenvalue weighted by Gasteiger charge is 2.31. The summed E-state index contributed by atoms with van der Waals surface area (Å²) in [5, 5.41) is 5.47. The smallest absolute Gasteiger partial charge is 0.0914 e. The SMILES string of the molecule is CCNC1CCOCC1S(=O)c1cccs1. The summed E-state index contributed by atoms with van der Waals surface area (Å²) in [4.78, 5) is 0. The largest absolute Gasteiger partial charge is 0.380 e. The molecule has 0 bridgehead atoms. The third kappa shape index (κ3) is 2.71. The van der Waals surface area contributed by atoms with E-state index < -0.39 is 10.8 Å². The lowest BCUT2D eigenvalue weighted by Gasteiger charge is -2.31. The standard InChI is InChI=1S/C11H17NO2S2/c1-2-12-9-5-6-14-8-10(9)16(13)11-4-3-7-15-11/h3-4,7,9-10,12H,2,5-6,8H2,1H3. The number of thiophene rings is 1. The molecule has 0 amide bonds. The van der Waals surface area contributed by atoms with Crippen LogP contribution in [0.25, 0.3) is 0 Å². The number of ether oxygens (including phenoxy) is 1. The van der Waals surface area contributed by atoms with Gasteiger partial charge in [-0.2, -0.15) is 0 Å². The van der Waals surface area contributed by atoms with Crippen LogP contribution in [0.3, 0.4) is 0 Å². The molecule has 2 heterocycles. The normalized spacial score (nSPS) is 27.8. The number of rotatable bonds is 4. The Hall–Kier alpha value is -0.230. The minimum absolute atomic E-state index is 0.0901. The zero-order valence-corrected chi connectivity index (χ0v) is 11.0. The van der Waals surface area contributed by atoms with Crippen LogP contribution in [-0.2, 0) is 15.5 Å². The fourth-order valence-corrected chi connectivity index (χ4v) is 4.57. The second kappa shape index (κ2) is 5.91. The predicted molar refractivity (Wildman–Crippen MR) is 67.4 cm³/mol. The van der Waals surface area contributed by atoms with E-state index in [0.29, 0.717) is 12.6 Å². The first kappa shape index (κ1) is 12.2. The average molecular weight is 259 g/mol. The van der Waals surface area contributed by atoms with E-state index in [-0.39, 0.29) is 5.25 Å². The van der Waals surface area contributed by atoms with Gasteiger partial charge in [0.2, 0.25) is 0 Å². The second-order valence-electron chi connectivity index (χ2n) is 3.80. The van der Waals surface area contributed by atoms with Gasteiger partial charge in [0.1, 0.15) is 0 Å². The molecule has 1 aromatic heterocycles. The lowest BCUT2D eigenvalue weighted by molar-refractivity contribution is 0.0825. The van der Waals surface area contributed by atoms with E-state index in [0.717, 1.165) is 23.8 Å². The van der Waals surface area contributed by atoms with Gasteiger partial charge in [-0.05, 0) is 24.4 Å². The van der Waals surface area contributed by atoms with Gasteiger partial charge in [-0.3, -0.25) is 4.21 Å². The fraction of sp³-hybridized carbons (Fsp3) is 0.636. The molecule has 0 radical (unpaired) electrons. The summed E-state index contributed by atoms with van der Waals surface area (Å²) in [5.41, 5.74) is 0. The van der Waals surface area contributed by atoms with E-state index in [4.69, 9.17) is 4.74 Å². The van der Waals surface area contributed by atoms with Gasteiger partial charge in [-0.25, -0.2) is 0 Å². The van der Waals surface area contributed by atoms with Crippen molar-refractivity contribution in [2.45, 2.75) is 28.8 Å². The zero-order chi connectivity index (χ0) is 11.4. The molecule has 0 saturated carbocycles. The molecule has 16 heavy (non-hydrogen) atoms. The Morgan fingerprint density at radius 1 is 1.69 bits per heavy atom. The van der Waals surface area contributed by atoms with E-state index in [9.17, 15) is 4.21 Å². The summed E-state index contributed by atoms with van der Waals surface area (Å²) in [6.45, 7) is 4.38. The van der Waals surface area contributed by atoms with Crippen molar-refractivity contribution in [3.8, 4) is 0 Å². The lowest BCUT2D eigenvalue weighted by atomic mass is 10.1. The maximum absolute atomic E-state index is 12.3. The zero-order valence-electron chi connectivity index (χ0n) is 9.35. The van der Waals surface area contributed by atoms with Gasteiger partial charge in [0.25, 0.3) is 0 Å². The van der Waals surface area contributed by atoms with Gasteiger partial charge in [-0.1, -0.05) is 13.0 Å². The first-order chi connectivity index (χ1) is 7.83. The number of hydrogen-bond donors (Lipinski definition) is 1. The number of nitrogens with one attached hydrogen (secondary N) is 1. The molecule has 3 nitrogen and oxygen atoms in total. The molecule has 1 aliphatic heterocycles. The van der Waals surface area contributed by atoms with Crippen molar-refractivity contribution in [1.29, 1.82) is 0 Å². The molecule has 0 aliphatic carbocycles. The van der Waals surface area contributed by atoms with Gasteiger partial charge in [0.15, 0.2) is 0 Å². The van der Waals surface area contributed by atoms with Crippen LogP contribution in [0.1, 0.15) is 13.3 Å². The quantitative estimate of drug-likeness (QED) is 0.893. The Labute approximate surface area is 103 Å². The summed E-state index contributed by atoms with van der Waals surface area (Å²) in [6.07, 6.45) is 0.954. The molecule has 1 N–H and O–H groups in total. The molecule has 0 aromatic carbocycles. The van der Waals surface area contributed by atoms with Crippen LogP contribution < -0.4 is 5.32 Å². The monoisotopic (exact) mass is 259 g/mol. The molecule has 5 heteroatoms. The van der Waals surface area contributed by atoms with Gasteiger partial charge in [0, 0.05) is 12.6 Å². The molecular weight excluding hydrogens is 242 g/mol. The maximum atomic E-state index is 12.3. The Morgan fingerprint density at radius 3 is 3.25 bits per heavy atom. The van der Waals surface area contributed by atoms with E-state index >= 15 is 0 Å². The van der Waals surface area contributed by atoms with Gasteiger partial charge in [-0.15, -0.1) is 11.3 Å². The molecule has 2 rings (SSSR count). The highest BCUT2D eigenvalue weighted by Crippen LogP contribution is 2.22. The van der Waals surface area contributed by atoms with Crippen molar-refractivity contribution in [2.24, 2.45) is 0 Å². The lowest BCUT2D eigenvalue weighted by Crippen LogP contribution is -2.48. The molecule has 3 unspecified atom stereocenters. The van der Waals surface area contributed by atoms with Crippen molar-refractivity contribution < 1.29 is 8.95 Å². The first-order valence-corrected chi connectivity index (χ1v) is 7.67. The second-order valence-corrected chi connectivity index (χ2v) is 6.64. The van der Waals surface area contributed by atoms with Crippen LogP contribution in [0, 0.1) is 0 Å². The van der Waals surface area contributed by atoms with Crippen molar-refractivity contribution in [3.05, 3.63) is 17.5 Å². The first-order valence-electron chi connectivity index (χ1n) is 5.58. The molecule has 1 saturated heterocycles. The predicted octanol–water partition coefficient (Wildman–Crippen LogP) is 1.62. The van der Waals surface area contributed by atoms with Crippen LogP contribution >= 0.6 is 11.3 Å². The van der Waals surface area contributed by atoms with E-state index in [1.54, 1.807) is 11.3 Å². The van der Waals surface area contributed by atoms with Crippen LogP contribution in [0.2, 0.25) is 0 Å². The molecule has 1 aliphatic rings. The summed E-state index contributed by atoms with van der Waals surface area (Å²) in [7, 11) is -0.939. The Morgan fingerprint density at radius 2 is 2.56 bits per heavy atom. The minimum Gasteiger partial charge on any atom is -0.380 e. The van der Waals surface area contributed by atoms with Crippen molar-refractivity contribution in [3.63, 3.8) is 0 Å². The molecule has 3 atom stereocenters. The van der Waals surface area contributed by atoms with E-state index in [1.165, 1.54) is 0 Å².